The lowest BCUT2D eigenvalue weighted by Crippen LogP contribution is -2.53. The van der Waals surface area contributed by atoms with Crippen LogP contribution in [0.5, 0.6) is 0 Å². The van der Waals surface area contributed by atoms with E-state index in [1.807, 2.05) is 31.2 Å². The maximum absolute atomic E-state index is 12.7. The molecule has 25 heavy (non-hydrogen) atoms. The maximum Gasteiger partial charge on any atom is 0.321 e. The van der Waals surface area contributed by atoms with E-state index in [1.54, 1.807) is 6.92 Å². The summed E-state index contributed by atoms with van der Waals surface area (Å²) in [6.07, 6.45) is 3.38. The Morgan fingerprint density at radius 1 is 1.32 bits per heavy atom. The van der Waals surface area contributed by atoms with E-state index in [2.05, 4.69) is 10.2 Å². The van der Waals surface area contributed by atoms with Crippen molar-refractivity contribution >= 4 is 17.8 Å². The molecule has 0 aliphatic carbocycles. The van der Waals surface area contributed by atoms with Crippen molar-refractivity contribution in [3.05, 3.63) is 35.4 Å². The zero-order valence-electron chi connectivity index (χ0n) is 14.8. The van der Waals surface area contributed by atoms with E-state index in [9.17, 15) is 9.59 Å². The number of piperidine rings is 1. The third-order valence-electron chi connectivity index (χ3n) is 4.67. The third-order valence-corrected chi connectivity index (χ3v) is 4.67. The average Bonchev–Trinajstić information content (AvgIpc) is 2.62. The zero-order chi connectivity index (χ0) is 17.8. The molecule has 2 heterocycles. The summed E-state index contributed by atoms with van der Waals surface area (Å²) < 4.78 is 5.13. The van der Waals surface area contributed by atoms with Crippen LogP contribution in [-0.2, 0) is 14.3 Å². The molecule has 0 spiro atoms. The highest BCUT2D eigenvalue weighted by Gasteiger charge is 2.42. The summed E-state index contributed by atoms with van der Waals surface area (Å²) in [4.78, 5) is 32.0. The van der Waals surface area contributed by atoms with Gasteiger partial charge in [-0.3, -0.25) is 14.9 Å². The fourth-order valence-corrected chi connectivity index (χ4v) is 3.43. The first-order valence-corrected chi connectivity index (χ1v) is 8.97. The maximum atomic E-state index is 12.7. The first-order valence-electron chi connectivity index (χ1n) is 8.97. The summed E-state index contributed by atoms with van der Waals surface area (Å²) in [7, 11) is 0. The van der Waals surface area contributed by atoms with Crippen LogP contribution in [0.15, 0.2) is 29.3 Å². The van der Waals surface area contributed by atoms with Crippen LogP contribution in [0.2, 0.25) is 0 Å². The quantitative estimate of drug-likeness (QED) is 0.675. The highest BCUT2D eigenvalue weighted by molar-refractivity contribution is 6.08. The molecule has 1 N–H and O–H groups in total. The van der Waals surface area contributed by atoms with Gasteiger partial charge in [0.25, 0.3) is 0 Å². The molecule has 0 bridgehead atoms. The number of likely N-dealkylation sites (tertiary alicyclic amines) is 1. The number of guanidine groups is 1. The van der Waals surface area contributed by atoms with Gasteiger partial charge in [0.15, 0.2) is 5.92 Å². The molecule has 1 amide bonds. The Morgan fingerprint density at radius 2 is 2.08 bits per heavy atom. The van der Waals surface area contributed by atoms with Crippen LogP contribution in [-0.4, -0.2) is 42.4 Å². The van der Waals surface area contributed by atoms with Crippen LogP contribution < -0.4 is 5.32 Å². The molecule has 3 rings (SSSR count). The van der Waals surface area contributed by atoms with Crippen molar-refractivity contribution in [3.63, 3.8) is 0 Å². The lowest BCUT2D eigenvalue weighted by Gasteiger charge is -2.35. The second-order valence-electron chi connectivity index (χ2n) is 6.58. The monoisotopic (exact) mass is 343 g/mol. The highest BCUT2D eigenvalue weighted by atomic mass is 16.5. The molecule has 0 saturated carbocycles. The van der Waals surface area contributed by atoms with Gasteiger partial charge in [0.1, 0.15) is 6.04 Å². The van der Waals surface area contributed by atoms with E-state index in [4.69, 9.17) is 9.73 Å². The lowest BCUT2D eigenvalue weighted by atomic mass is 9.90. The molecular weight excluding hydrogens is 318 g/mol. The minimum absolute atomic E-state index is 0.242. The number of aliphatic imine (C=N–C) groups is 1. The summed E-state index contributed by atoms with van der Waals surface area (Å²) in [6, 6.07) is 7.26. The van der Waals surface area contributed by atoms with Gasteiger partial charge in [-0.25, -0.2) is 4.99 Å². The van der Waals surface area contributed by atoms with Gasteiger partial charge in [0, 0.05) is 13.1 Å². The van der Waals surface area contributed by atoms with Gasteiger partial charge in [0.05, 0.1) is 6.61 Å². The molecule has 1 saturated heterocycles. The Balaban J connectivity index is 1.97. The van der Waals surface area contributed by atoms with E-state index >= 15 is 0 Å². The van der Waals surface area contributed by atoms with Crippen LogP contribution in [0.1, 0.15) is 43.4 Å². The minimum Gasteiger partial charge on any atom is -0.465 e. The predicted molar refractivity (Wildman–Crippen MR) is 95.0 cm³/mol. The summed E-state index contributed by atoms with van der Waals surface area (Å²) >= 11 is 0. The number of carbonyl (C=O) groups is 2. The summed E-state index contributed by atoms with van der Waals surface area (Å²) in [5.74, 6) is -1.22. The topological polar surface area (TPSA) is 71.0 Å². The van der Waals surface area contributed by atoms with Gasteiger partial charge in [0.2, 0.25) is 11.9 Å². The molecule has 6 heteroatoms. The van der Waals surface area contributed by atoms with Gasteiger partial charge < -0.3 is 9.64 Å². The molecule has 1 fully saturated rings. The number of carbonyl (C=O) groups excluding carboxylic acids is 2. The van der Waals surface area contributed by atoms with E-state index in [0.29, 0.717) is 5.96 Å². The molecule has 0 radical (unpaired) electrons. The number of nitrogens with zero attached hydrogens (tertiary/aromatic N) is 2. The minimum atomic E-state index is -0.949. The van der Waals surface area contributed by atoms with E-state index in [0.717, 1.165) is 37.1 Å². The van der Waals surface area contributed by atoms with Crippen LogP contribution in [0.3, 0.4) is 0 Å². The standard InChI is InChI=1S/C19H25N3O3/c1-3-25-18(24)15-16(14-9-7-8-13(2)12-14)20-19(21-17(15)23)22-10-5-4-6-11-22/h7-9,12,15-16H,3-6,10-11H2,1-2H3,(H,20,21,23). The second-order valence-corrected chi connectivity index (χ2v) is 6.58. The number of hydrogen-bond donors (Lipinski definition) is 1. The Bertz CT molecular complexity index is 680. The van der Waals surface area contributed by atoms with Gasteiger partial charge in [-0.2, -0.15) is 0 Å². The Kier molecular flexibility index (Phi) is 5.36. The Morgan fingerprint density at radius 3 is 2.76 bits per heavy atom. The molecular formula is C19H25N3O3. The summed E-state index contributed by atoms with van der Waals surface area (Å²) in [5.41, 5.74) is 1.93. The van der Waals surface area contributed by atoms with Crippen molar-refractivity contribution < 1.29 is 14.3 Å². The molecule has 2 aliphatic heterocycles. The fourth-order valence-electron chi connectivity index (χ4n) is 3.43. The van der Waals surface area contributed by atoms with Gasteiger partial charge >= 0.3 is 5.97 Å². The first kappa shape index (κ1) is 17.5. The number of rotatable bonds is 3. The molecule has 1 aromatic rings. The third kappa shape index (κ3) is 3.83. The largest absolute Gasteiger partial charge is 0.465 e. The number of esters is 1. The van der Waals surface area contributed by atoms with E-state index in [1.165, 1.54) is 6.42 Å². The molecule has 2 aliphatic rings. The Hall–Kier alpha value is -2.37. The van der Waals surface area contributed by atoms with Crippen molar-refractivity contribution in [2.45, 2.75) is 39.2 Å². The van der Waals surface area contributed by atoms with Crippen molar-refractivity contribution in [1.82, 2.24) is 10.2 Å². The van der Waals surface area contributed by atoms with Gasteiger partial charge in [-0.15, -0.1) is 0 Å². The van der Waals surface area contributed by atoms with Crippen LogP contribution in [0, 0.1) is 12.8 Å². The normalized spacial score (nSPS) is 23.7. The number of aryl methyl sites for hydroxylation is 1. The van der Waals surface area contributed by atoms with E-state index in [-0.39, 0.29) is 12.5 Å². The van der Waals surface area contributed by atoms with Crippen molar-refractivity contribution in [2.24, 2.45) is 10.9 Å². The Labute approximate surface area is 148 Å². The smallest absolute Gasteiger partial charge is 0.321 e. The van der Waals surface area contributed by atoms with Crippen molar-refractivity contribution in [2.75, 3.05) is 19.7 Å². The SMILES string of the molecule is CCOC(=O)C1C(=O)NC(N2CCCCC2)=NC1c1cccc(C)c1. The molecule has 134 valence electrons. The number of nitrogens with one attached hydrogen (secondary N) is 1. The van der Waals surface area contributed by atoms with Crippen LogP contribution in [0.4, 0.5) is 0 Å². The van der Waals surface area contributed by atoms with Crippen molar-refractivity contribution in [3.8, 4) is 0 Å². The molecule has 0 aromatic heterocycles. The van der Waals surface area contributed by atoms with E-state index < -0.39 is 17.9 Å². The van der Waals surface area contributed by atoms with Gasteiger partial charge in [-0.05, 0) is 38.7 Å². The lowest BCUT2D eigenvalue weighted by molar-refractivity contribution is -0.153. The number of ether oxygens (including phenoxy) is 1. The summed E-state index contributed by atoms with van der Waals surface area (Å²) in [5, 5.41) is 2.83. The van der Waals surface area contributed by atoms with Crippen LogP contribution >= 0.6 is 0 Å². The number of benzene rings is 1. The van der Waals surface area contributed by atoms with Crippen molar-refractivity contribution in [1.29, 1.82) is 0 Å². The molecule has 2 atom stereocenters. The average molecular weight is 343 g/mol. The number of hydrogen-bond acceptors (Lipinski definition) is 5. The molecule has 2 unspecified atom stereocenters. The second kappa shape index (κ2) is 7.68. The highest BCUT2D eigenvalue weighted by Crippen LogP contribution is 2.31. The number of amides is 1. The zero-order valence-corrected chi connectivity index (χ0v) is 14.8. The summed E-state index contributed by atoms with van der Waals surface area (Å²) in [6.45, 7) is 5.73. The first-order chi connectivity index (χ1) is 12.1. The van der Waals surface area contributed by atoms with Crippen LogP contribution in [0.25, 0.3) is 0 Å². The molecule has 6 nitrogen and oxygen atoms in total. The predicted octanol–water partition coefficient (Wildman–Crippen LogP) is 2.19. The fraction of sp³-hybridized carbons (Fsp3) is 0.526. The molecule has 1 aromatic carbocycles. The van der Waals surface area contributed by atoms with Gasteiger partial charge in [-0.1, -0.05) is 29.8 Å².